The lowest BCUT2D eigenvalue weighted by molar-refractivity contribution is 0.535. The van der Waals surface area contributed by atoms with Gasteiger partial charge in [0.25, 0.3) is 0 Å². The first-order valence-corrected chi connectivity index (χ1v) is 5.89. The second-order valence-corrected chi connectivity index (χ2v) is 4.90. The molecule has 1 aromatic heterocycles. The predicted octanol–water partition coefficient (Wildman–Crippen LogP) is 3.04. The van der Waals surface area contributed by atoms with E-state index < -0.39 is 0 Å². The van der Waals surface area contributed by atoms with Crippen molar-refractivity contribution < 1.29 is 0 Å². The minimum Gasteiger partial charge on any atom is -0.310 e. The van der Waals surface area contributed by atoms with Crippen molar-refractivity contribution in [3.8, 4) is 0 Å². The van der Waals surface area contributed by atoms with Crippen LogP contribution in [-0.2, 0) is 0 Å². The Morgan fingerprint density at radius 2 is 2.40 bits per heavy atom. The Kier molecular flexibility index (Phi) is 3.27. The zero-order valence-electron chi connectivity index (χ0n) is 9.20. The van der Waals surface area contributed by atoms with Crippen LogP contribution < -0.4 is 5.32 Å². The summed E-state index contributed by atoms with van der Waals surface area (Å²) in [6.45, 7) is 5.58. The van der Waals surface area contributed by atoms with Gasteiger partial charge < -0.3 is 5.32 Å². The van der Waals surface area contributed by atoms with Gasteiger partial charge in [-0.3, -0.25) is 0 Å². The molecule has 82 valence electrons. The van der Waals surface area contributed by atoms with Crippen LogP contribution in [0.15, 0.2) is 18.3 Å². The quantitative estimate of drug-likeness (QED) is 0.796. The molecule has 1 fully saturated rings. The van der Waals surface area contributed by atoms with Crippen LogP contribution >= 0.6 is 11.6 Å². The van der Waals surface area contributed by atoms with Gasteiger partial charge in [0.2, 0.25) is 0 Å². The number of hydrogen-bond acceptors (Lipinski definition) is 2. The largest absolute Gasteiger partial charge is 0.310 e. The predicted molar refractivity (Wildman–Crippen MR) is 62.9 cm³/mol. The highest BCUT2D eigenvalue weighted by Gasteiger charge is 2.32. The summed E-state index contributed by atoms with van der Waals surface area (Å²) in [7, 11) is 0. The SMILES string of the molecule is CC(NCC1CC1C)c1ccnc(Cl)c1. The van der Waals surface area contributed by atoms with Crippen LogP contribution in [-0.4, -0.2) is 11.5 Å². The molecule has 0 aromatic carbocycles. The maximum atomic E-state index is 5.85. The van der Waals surface area contributed by atoms with Crippen molar-refractivity contribution >= 4 is 11.6 Å². The first kappa shape index (κ1) is 10.9. The van der Waals surface area contributed by atoms with E-state index in [2.05, 4.69) is 24.1 Å². The molecule has 0 saturated heterocycles. The second kappa shape index (κ2) is 4.50. The Hall–Kier alpha value is -0.600. The van der Waals surface area contributed by atoms with Gasteiger partial charge in [-0.05, 0) is 49.4 Å². The minimum atomic E-state index is 0.360. The summed E-state index contributed by atoms with van der Waals surface area (Å²) >= 11 is 5.85. The van der Waals surface area contributed by atoms with Gasteiger partial charge in [-0.15, -0.1) is 0 Å². The number of nitrogens with one attached hydrogen (secondary N) is 1. The number of rotatable bonds is 4. The summed E-state index contributed by atoms with van der Waals surface area (Å²) in [6.07, 6.45) is 3.13. The van der Waals surface area contributed by atoms with E-state index in [0.717, 1.165) is 18.4 Å². The Morgan fingerprint density at radius 3 is 3.00 bits per heavy atom. The zero-order valence-corrected chi connectivity index (χ0v) is 9.96. The van der Waals surface area contributed by atoms with Crippen LogP contribution in [0.3, 0.4) is 0 Å². The fourth-order valence-corrected chi connectivity index (χ4v) is 2.00. The van der Waals surface area contributed by atoms with Gasteiger partial charge in [0.1, 0.15) is 5.15 Å². The number of hydrogen-bond donors (Lipinski definition) is 1. The fraction of sp³-hybridized carbons (Fsp3) is 0.583. The Bertz CT molecular complexity index is 340. The highest BCUT2D eigenvalue weighted by atomic mass is 35.5. The van der Waals surface area contributed by atoms with Crippen LogP contribution in [0.1, 0.15) is 31.9 Å². The lowest BCUT2D eigenvalue weighted by Crippen LogP contribution is -2.21. The molecule has 3 heteroatoms. The van der Waals surface area contributed by atoms with Crippen molar-refractivity contribution in [1.82, 2.24) is 10.3 Å². The lowest BCUT2D eigenvalue weighted by Gasteiger charge is -2.13. The topological polar surface area (TPSA) is 24.9 Å². The van der Waals surface area contributed by atoms with Crippen LogP contribution in [0, 0.1) is 11.8 Å². The molecule has 1 aliphatic rings. The van der Waals surface area contributed by atoms with Gasteiger partial charge in [0.05, 0.1) is 0 Å². The van der Waals surface area contributed by atoms with Crippen LogP contribution in [0.2, 0.25) is 5.15 Å². The van der Waals surface area contributed by atoms with Crippen LogP contribution in [0.5, 0.6) is 0 Å². The van der Waals surface area contributed by atoms with Gasteiger partial charge in [-0.1, -0.05) is 18.5 Å². The van der Waals surface area contributed by atoms with Crippen LogP contribution in [0.25, 0.3) is 0 Å². The molecule has 1 aliphatic carbocycles. The third kappa shape index (κ3) is 2.93. The molecule has 0 aliphatic heterocycles. The molecule has 2 nitrogen and oxygen atoms in total. The number of halogens is 1. The summed E-state index contributed by atoms with van der Waals surface area (Å²) < 4.78 is 0. The average molecular weight is 225 g/mol. The van der Waals surface area contributed by atoms with E-state index in [1.165, 1.54) is 12.0 Å². The molecule has 1 aromatic rings. The zero-order chi connectivity index (χ0) is 10.8. The van der Waals surface area contributed by atoms with Crippen molar-refractivity contribution in [3.63, 3.8) is 0 Å². The molecule has 15 heavy (non-hydrogen) atoms. The summed E-state index contributed by atoms with van der Waals surface area (Å²) in [5, 5.41) is 4.10. The van der Waals surface area contributed by atoms with Crippen molar-refractivity contribution in [2.75, 3.05) is 6.54 Å². The molecule has 1 saturated carbocycles. The molecule has 0 amide bonds. The van der Waals surface area contributed by atoms with Gasteiger partial charge in [-0.25, -0.2) is 4.98 Å². The molecule has 1 heterocycles. The smallest absolute Gasteiger partial charge is 0.129 e. The van der Waals surface area contributed by atoms with Crippen LogP contribution in [0.4, 0.5) is 0 Å². The summed E-state index contributed by atoms with van der Waals surface area (Å²) in [4.78, 5) is 3.98. The van der Waals surface area contributed by atoms with E-state index in [1.807, 2.05) is 12.1 Å². The standard InChI is InChI=1S/C12H17ClN2/c1-8-5-11(8)7-15-9(2)10-3-4-14-12(13)6-10/h3-4,6,8-9,11,15H,5,7H2,1-2H3. The van der Waals surface area contributed by atoms with E-state index in [4.69, 9.17) is 11.6 Å². The van der Waals surface area contributed by atoms with Gasteiger partial charge in [0, 0.05) is 12.2 Å². The molecule has 0 radical (unpaired) electrons. The molecule has 1 N–H and O–H groups in total. The maximum absolute atomic E-state index is 5.85. The monoisotopic (exact) mass is 224 g/mol. The van der Waals surface area contributed by atoms with Crippen molar-refractivity contribution in [2.24, 2.45) is 11.8 Å². The van der Waals surface area contributed by atoms with Gasteiger partial charge in [0.15, 0.2) is 0 Å². The molecule has 0 bridgehead atoms. The Morgan fingerprint density at radius 1 is 1.67 bits per heavy atom. The van der Waals surface area contributed by atoms with E-state index in [0.29, 0.717) is 11.2 Å². The fourth-order valence-electron chi connectivity index (χ4n) is 1.82. The third-order valence-electron chi connectivity index (χ3n) is 3.21. The number of aromatic nitrogens is 1. The Balaban J connectivity index is 1.87. The maximum Gasteiger partial charge on any atom is 0.129 e. The molecule has 0 spiro atoms. The van der Waals surface area contributed by atoms with Gasteiger partial charge in [-0.2, -0.15) is 0 Å². The Labute approximate surface area is 96.1 Å². The molecular weight excluding hydrogens is 208 g/mol. The molecule has 3 unspecified atom stereocenters. The first-order chi connectivity index (χ1) is 7.16. The van der Waals surface area contributed by atoms with Crippen molar-refractivity contribution in [1.29, 1.82) is 0 Å². The average Bonchev–Trinajstić information content (AvgIpc) is 2.91. The molecule has 3 atom stereocenters. The van der Waals surface area contributed by atoms with E-state index >= 15 is 0 Å². The van der Waals surface area contributed by atoms with E-state index in [-0.39, 0.29) is 0 Å². The minimum absolute atomic E-state index is 0.360. The second-order valence-electron chi connectivity index (χ2n) is 4.51. The van der Waals surface area contributed by atoms with E-state index in [9.17, 15) is 0 Å². The normalized spacial score (nSPS) is 26.3. The number of pyridine rings is 1. The molecule has 2 rings (SSSR count). The first-order valence-electron chi connectivity index (χ1n) is 5.51. The lowest BCUT2D eigenvalue weighted by atomic mass is 10.1. The highest BCUT2D eigenvalue weighted by molar-refractivity contribution is 6.29. The third-order valence-corrected chi connectivity index (χ3v) is 3.42. The van der Waals surface area contributed by atoms with Crippen molar-refractivity contribution in [3.05, 3.63) is 29.0 Å². The number of nitrogens with zero attached hydrogens (tertiary/aromatic N) is 1. The highest BCUT2D eigenvalue weighted by Crippen LogP contribution is 2.37. The van der Waals surface area contributed by atoms with Crippen molar-refractivity contribution in [2.45, 2.75) is 26.3 Å². The summed E-state index contributed by atoms with van der Waals surface area (Å²) in [6, 6.07) is 4.30. The van der Waals surface area contributed by atoms with Gasteiger partial charge >= 0.3 is 0 Å². The summed E-state index contributed by atoms with van der Waals surface area (Å²) in [5.41, 5.74) is 1.21. The molecular formula is C12H17ClN2. The van der Waals surface area contributed by atoms with E-state index in [1.54, 1.807) is 6.20 Å². The summed E-state index contributed by atoms with van der Waals surface area (Å²) in [5.74, 6) is 1.79.